The van der Waals surface area contributed by atoms with Crippen LogP contribution in [0.25, 0.3) is 11.0 Å². The lowest BCUT2D eigenvalue weighted by Crippen LogP contribution is -2.47. The van der Waals surface area contributed by atoms with Crippen LogP contribution in [0.3, 0.4) is 0 Å². The van der Waals surface area contributed by atoms with Crippen molar-refractivity contribution in [1.82, 2.24) is 24.3 Å². The van der Waals surface area contributed by atoms with Crippen molar-refractivity contribution in [2.45, 2.75) is 44.9 Å². The highest BCUT2D eigenvalue weighted by Crippen LogP contribution is 2.31. The van der Waals surface area contributed by atoms with Gasteiger partial charge in [-0.2, -0.15) is 13.2 Å². The van der Waals surface area contributed by atoms with Crippen LogP contribution < -0.4 is 15.6 Å². The molecule has 0 unspecified atom stereocenters. The molecular weight excluding hydrogens is 519 g/mol. The number of carbonyl (C=O) groups excluding carboxylic acids is 2. The smallest absolute Gasteiger partial charge is 0.422 e. The zero-order chi connectivity index (χ0) is 28.3. The number of aliphatic hydroxyl groups excluding tert-OH is 1. The number of alkyl halides is 3. The van der Waals surface area contributed by atoms with Crippen LogP contribution in [0, 0.1) is 6.92 Å². The maximum Gasteiger partial charge on any atom is 0.422 e. The standard InChI is InChI=1S/C26H30F3N5O5/c1-16-30-23-20(25(38)34(16)13-8-17-6-4-3-5-7-17)22(39-15-26(27,28)29)21(32(23)2)24(37)31-18-9-11-33(12-10-18)19(36)14-35/h3-7,18,35H,8-15H2,1-2H3,(H,31,37). The fourth-order valence-electron chi connectivity index (χ4n) is 4.79. The van der Waals surface area contributed by atoms with Gasteiger partial charge in [0.15, 0.2) is 23.7 Å². The van der Waals surface area contributed by atoms with Crippen LogP contribution in [0.4, 0.5) is 13.2 Å². The van der Waals surface area contributed by atoms with Crippen LogP contribution >= 0.6 is 0 Å². The van der Waals surface area contributed by atoms with Crippen LogP contribution in [0.1, 0.15) is 34.7 Å². The molecule has 1 aliphatic heterocycles. The van der Waals surface area contributed by atoms with Gasteiger partial charge < -0.3 is 24.6 Å². The lowest BCUT2D eigenvalue weighted by molar-refractivity contribution is -0.153. The maximum atomic E-state index is 13.6. The minimum absolute atomic E-state index is 0.0409. The zero-order valence-electron chi connectivity index (χ0n) is 21.6. The Morgan fingerprint density at radius 3 is 2.46 bits per heavy atom. The van der Waals surface area contributed by atoms with Crippen LogP contribution in [0.5, 0.6) is 5.75 Å². The number of benzene rings is 1. The monoisotopic (exact) mass is 549 g/mol. The Kier molecular flexibility index (Phi) is 8.28. The van der Waals surface area contributed by atoms with Gasteiger partial charge in [-0.15, -0.1) is 0 Å². The number of halogens is 3. The number of hydrogen-bond acceptors (Lipinski definition) is 6. The number of ether oxygens (including phenoxy) is 1. The van der Waals surface area contributed by atoms with Crippen LogP contribution in [-0.2, 0) is 24.8 Å². The average Bonchev–Trinajstić information content (AvgIpc) is 3.18. The SMILES string of the molecule is Cc1nc2c(c(OCC(F)(F)F)c(C(=O)NC3CCN(C(=O)CO)CC3)n2C)c(=O)n1CCc1ccccc1. The molecule has 210 valence electrons. The van der Waals surface area contributed by atoms with Gasteiger partial charge in [0.05, 0.1) is 0 Å². The second kappa shape index (κ2) is 11.5. The third-order valence-electron chi connectivity index (χ3n) is 6.82. The molecule has 1 fully saturated rings. The van der Waals surface area contributed by atoms with Gasteiger partial charge in [-0.25, -0.2) is 4.98 Å². The topological polar surface area (TPSA) is 119 Å². The quantitative estimate of drug-likeness (QED) is 0.444. The number of hydrogen-bond donors (Lipinski definition) is 2. The normalized spacial score (nSPS) is 14.6. The summed E-state index contributed by atoms with van der Waals surface area (Å²) in [5.41, 5.74) is 0.167. The number of likely N-dealkylation sites (tertiary alicyclic amines) is 1. The number of fused-ring (bicyclic) bond motifs is 1. The van der Waals surface area contributed by atoms with E-state index in [4.69, 9.17) is 9.84 Å². The van der Waals surface area contributed by atoms with E-state index in [1.807, 2.05) is 30.3 Å². The van der Waals surface area contributed by atoms with E-state index in [1.165, 1.54) is 21.1 Å². The highest BCUT2D eigenvalue weighted by molar-refractivity contribution is 6.03. The summed E-state index contributed by atoms with van der Waals surface area (Å²) in [6.07, 6.45) is -3.43. The first-order valence-corrected chi connectivity index (χ1v) is 12.5. The fraction of sp³-hybridized carbons (Fsp3) is 0.462. The van der Waals surface area contributed by atoms with E-state index in [0.29, 0.717) is 38.2 Å². The summed E-state index contributed by atoms with van der Waals surface area (Å²) in [4.78, 5) is 44.6. The molecule has 0 saturated carbocycles. The highest BCUT2D eigenvalue weighted by atomic mass is 19.4. The summed E-state index contributed by atoms with van der Waals surface area (Å²) in [7, 11) is 1.44. The summed E-state index contributed by atoms with van der Waals surface area (Å²) < 4.78 is 47.2. The number of amides is 2. The predicted molar refractivity (Wildman–Crippen MR) is 136 cm³/mol. The molecule has 0 atom stereocenters. The third-order valence-corrected chi connectivity index (χ3v) is 6.82. The van der Waals surface area contributed by atoms with Gasteiger partial charge in [0, 0.05) is 32.7 Å². The Morgan fingerprint density at radius 2 is 1.85 bits per heavy atom. The molecule has 0 spiro atoms. The molecule has 13 heteroatoms. The Morgan fingerprint density at radius 1 is 1.18 bits per heavy atom. The Bertz CT molecular complexity index is 1410. The molecule has 3 heterocycles. The van der Waals surface area contributed by atoms with E-state index in [-0.39, 0.29) is 29.3 Å². The van der Waals surface area contributed by atoms with Gasteiger partial charge in [0.25, 0.3) is 11.5 Å². The number of carbonyl (C=O) groups is 2. The maximum absolute atomic E-state index is 13.6. The second-order valence-corrected chi connectivity index (χ2v) is 9.48. The molecule has 1 saturated heterocycles. The number of aliphatic hydroxyl groups is 1. The van der Waals surface area contributed by atoms with Gasteiger partial charge in [-0.1, -0.05) is 30.3 Å². The van der Waals surface area contributed by atoms with Gasteiger partial charge in [-0.05, 0) is 31.7 Å². The van der Waals surface area contributed by atoms with E-state index in [1.54, 1.807) is 6.92 Å². The Labute approximate surface area is 222 Å². The van der Waals surface area contributed by atoms with Crippen molar-refractivity contribution in [3.8, 4) is 5.75 Å². The number of nitrogens with one attached hydrogen (secondary N) is 1. The Balaban J connectivity index is 1.68. The Hall–Kier alpha value is -3.87. The lowest BCUT2D eigenvalue weighted by Gasteiger charge is -2.32. The van der Waals surface area contributed by atoms with E-state index in [0.717, 1.165) is 5.56 Å². The van der Waals surface area contributed by atoms with E-state index < -0.39 is 42.5 Å². The number of aryl methyl sites for hydroxylation is 3. The number of rotatable bonds is 8. The molecule has 39 heavy (non-hydrogen) atoms. The van der Waals surface area contributed by atoms with E-state index in [9.17, 15) is 27.6 Å². The number of aromatic nitrogens is 3. The van der Waals surface area contributed by atoms with E-state index >= 15 is 0 Å². The van der Waals surface area contributed by atoms with Crippen LogP contribution in [0.2, 0.25) is 0 Å². The van der Waals surface area contributed by atoms with Crippen molar-refractivity contribution in [3.05, 3.63) is 57.8 Å². The molecule has 0 bridgehead atoms. The minimum atomic E-state index is -4.70. The highest BCUT2D eigenvalue weighted by Gasteiger charge is 2.34. The van der Waals surface area contributed by atoms with E-state index in [2.05, 4.69) is 10.3 Å². The third kappa shape index (κ3) is 6.24. The summed E-state index contributed by atoms with van der Waals surface area (Å²) in [5, 5.41) is 11.6. The average molecular weight is 550 g/mol. The first-order valence-electron chi connectivity index (χ1n) is 12.5. The van der Waals surface area contributed by atoms with Crippen molar-refractivity contribution in [1.29, 1.82) is 0 Å². The first-order chi connectivity index (χ1) is 18.5. The van der Waals surface area contributed by atoms with Gasteiger partial charge >= 0.3 is 6.18 Å². The fourth-order valence-corrected chi connectivity index (χ4v) is 4.79. The molecule has 1 aromatic carbocycles. The molecule has 0 radical (unpaired) electrons. The van der Waals surface area contributed by atoms with Crippen molar-refractivity contribution in [3.63, 3.8) is 0 Å². The number of piperidine rings is 1. The summed E-state index contributed by atoms with van der Waals surface area (Å²) in [6.45, 7) is 0.176. The zero-order valence-corrected chi connectivity index (χ0v) is 21.6. The number of nitrogens with zero attached hydrogens (tertiary/aromatic N) is 4. The molecule has 0 aliphatic carbocycles. The summed E-state index contributed by atoms with van der Waals surface area (Å²) >= 11 is 0. The second-order valence-electron chi connectivity index (χ2n) is 9.48. The van der Waals surface area contributed by atoms with Crippen molar-refractivity contribution in [2.24, 2.45) is 7.05 Å². The van der Waals surface area contributed by atoms with Crippen molar-refractivity contribution < 1.29 is 32.6 Å². The predicted octanol–water partition coefficient (Wildman–Crippen LogP) is 1.94. The molecule has 3 aromatic rings. The molecule has 4 rings (SSSR count). The molecule has 2 aromatic heterocycles. The largest absolute Gasteiger partial charge is 0.481 e. The molecule has 2 N–H and O–H groups in total. The molecular formula is C26H30F3N5O5. The molecule has 1 aliphatic rings. The lowest BCUT2D eigenvalue weighted by atomic mass is 10.0. The van der Waals surface area contributed by atoms with Crippen molar-refractivity contribution in [2.75, 3.05) is 26.3 Å². The van der Waals surface area contributed by atoms with Crippen LogP contribution in [0.15, 0.2) is 35.1 Å². The first kappa shape index (κ1) is 28.1. The van der Waals surface area contributed by atoms with Gasteiger partial charge in [0.1, 0.15) is 17.8 Å². The van der Waals surface area contributed by atoms with Crippen molar-refractivity contribution >= 4 is 22.8 Å². The minimum Gasteiger partial charge on any atom is -0.481 e. The molecule has 2 amide bonds. The van der Waals surface area contributed by atoms with Gasteiger partial charge in [-0.3, -0.25) is 19.0 Å². The summed E-state index contributed by atoms with van der Waals surface area (Å²) in [6, 6.07) is 9.04. The molecule has 10 nitrogen and oxygen atoms in total. The van der Waals surface area contributed by atoms with Gasteiger partial charge in [0.2, 0.25) is 5.91 Å². The summed E-state index contributed by atoms with van der Waals surface area (Å²) in [5.74, 6) is -1.26. The van der Waals surface area contributed by atoms with Crippen LogP contribution in [-0.4, -0.2) is 74.5 Å².